The first-order valence-electron chi connectivity index (χ1n) is 4.71. The summed E-state index contributed by atoms with van der Waals surface area (Å²) in [7, 11) is 0. The molecule has 16 heavy (non-hydrogen) atoms. The molecule has 86 valence electrons. The van der Waals surface area contributed by atoms with Crippen molar-refractivity contribution in [3.05, 3.63) is 28.8 Å². The van der Waals surface area contributed by atoms with E-state index in [1.54, 1.807) is 25.1 Å². The Bertz CT molecular complexity index is 431. The van der Waals surface area contributed by atoms with Crippen LogP contribution >= 0.6 is 11.6 Å². The zero-order chi connectivity index (χ0) is 12.3. The first kappa shape index (κ1) is 12.5. The molecule has 0 aliphatic heterocycles. The van der Waals surface area contributed by atoms with Crippen molar-refractivity contribution in [3.63, 3.8) is 0 Å². The molecule has 0 aliphatic rings. The smallest absolute Gasteiger partial charge is 0.315 e. The minimum atomic E-state index is -1.15. The second-order valence-electron chi connectivity index (χ2n) is 3.51. The molecule has 0 spiro atoms. The molecule has 0 bridgehead atoms. The second-order valence-corrected chi connectivity index (χ2v) is 3.94. The molecule has 5 heteroatoms. The summed E-state index contributed by atoms with van der Waals surface area (Å²) in [5.41, 5.74) is 1.36. The molecule has 1 atom stereocenters. The number of benzene rings is 1. The number of carboxylic acids is 1. The zero-order valence-corrected chi connectivity index (χ0v) is 9.71. The molecule has 0 radical (unpaired) electrons. The lowest BCUT2D eigenvalue weighted by Crippen LogP contribution is -2.27. The van der Waals surface area contributed by atoms with Crippen molar-refractivity contribution in [2.75, 3.05) is 5.32 Å². The van der Waals surface area contributed by atoms with Gasteiger partial charge in [-0.15, -0.1) is 0 Å². The molecule has 0 saturated heterocycles. The van der Waals surface area contributed by atoms with Crippen LogP contribution in [0.4, 0.5) is 5.69 Å². The number of carboxylic acid groups (broad SMARTS) is 1. The summed E-state index contributed by atoms with van der Waals surface area (Å²) >= 11 is 5.76. The molecule has 1 aromatic rings. The van der Waals surface area contributed by atoms with Crippen LogP contribution in [0.1, 0.15) is 12.5 Å². The summed E-state index contributed by atoms with van der Waals surface area (Å²) in [4.78, 5) is 22.1. The van der Waals surface area contributed by atoms with E-state index in [-0.39, 0.29) is 0 Å². The van der Waals surface area contributed by atoms with Gasteiger partial charge in [-0.25, -0.2) is 0 Å². The number of anilines is 1. The fourth-order valence-electron chi connectivity index (χ4n) is 1.12. The van der Waals surface area contributed by atoms with Crippen molar-refractivity contribution in [2.45, 2.75) is 13.8 Å². The molecule has 1 unspecified atom stereocenters. The maximum absolute atomic E-state index is 11.5. The maximum atomic E-state index is 11.5. The van der Waals surface area contributed by atoms with Gasteiger partial charge in [-0.3, -0.25) is 9.59 Å². The van der Waals surface area contributed by atoms with Crippen molar-refractivity contribution < 1.29 is 14.7 Å². The van der Waals surface area contributed by atoms with Gasteiger partial charge in [0.05, 0.1) is 0 Å². The summed E-state index contributed by atoms with van der Waals surface area (Å²) in [6, 6.07) is 4.97. The van der Waals surface area contributed by atoms with Gasteiger partial charge in [0.2, 0.25) is 5.91 Å². The highest BCUT2D eigenvalue weighted by Gasteiger charge is 2.20. The van der Waals surface area contributed by atoms with Gasteiger partial charge in [-0.2, -0.15) is 0 Å². The first-order chi connectivity index (χ1) is 7.41. The average molecular weight is 242 g/mol. The highest BCUT2D eigenvalue weighted by molar-refractivity contribution is 6.30. The van der Waals surface area contributed by atoms with E-state index >= 15 is 0 Å². The number of nitrogens with one attached hydrogen (secondary N) is 1. The third-order valence-corrected chi connectivity index (χ3v) is 2.45. The van der Waals surface area contributed by atoms with E-state index < -0.39 is 17.8 Å². The minimum Gasteiger partial charge on any atom is -0.481 e. The van der Waals surface area contributed by atoms with E-state index in [0.717, 1.165) is 5.56 Å². The lowest BCUT2D eigenvalue weighted by atomic mass is 10.1. The Kier molecular flexibility index (Phi) is 3.90. The van der Waals surface area contributed by atoms with E-state index in [1.807, 2.05) is 0 Å². The van der Waals surface area contributed by atoms with Gasteiger partial charge in [0.25, 0.3) is 0 Å². The standard InChI is InChI=1S/C11H12ClNO3/c1-6-5-8(12)3-4-9(6)13-10(14)7(2)11(15)16/h3-5,7H,1-2H3,(H,13,14)(H,15,16). The molecule has 0 fully saturated rings. The quantitative estimate of drug-likeness (QED) is 0.798. The molecule has 0 aromatic heterocycles. The molecule has 0 heterocycles. The van der Waals surface area contributed by atoms with Crippen molar-refractivity contribution >= 4 is 29.2 Å². The number of aliphatic carboxylic acids is 1. The van der Waals surface area contributed by atoms with E-state index in [4.69, 9.17) is 16.7 Å². The topological polar surface area (TPSA) is 66.4 Å². The third-order valence-electron chi connectivity index (χ3n) is 2.21. The van der Waals surface area contributed by atoms with Crippen molar-refractivity contribution in [2.24, 2.45) is 5.92 Å². The lowest BCUT2D eigenvalue weighted by molar-refractivity contribution is -0.144. The number of aryl methyl sites for hydroxylation is 1. The average Bonchev–Trinajstić information content (AvgIpc) is 2.20. The number of hydrogen-bond donors (Lipinski definition) is 2. The number of carbonyl (C=O) groups is 2. The van der Waals surface area contributed by atoms with E-state index in [0.29, 0.717) is 10.7 Å². The van der Waals surface area contributed by atoms with Crippen LogP contribution in [-0.4, -0.2) is 17.0 Å². The van der Waals surface area contributed by atoms with Crippen LogP contribution in [0.15, 0.2) is 18.2 Å². The Labute approximate surface area is 98.2 Å². The molecular weight excluding hydrogens is 230 g/mol. The maximum Gasteiger partial charge on any atom is 0.315 e. The summed E-state index contributed by atoms with van der Waals surface area (Å²) in [6.07, 6.45) is 0. The lowest BCUT2D eigenvalue weighted by Gasteiger charge is -2.10. The Hall–Kier alpha value is -1.55. The van der Waals surface area contributed by atoms with Gasteiger partial charge in [-0.05, 0) is 37.6 Å². The predicted molar refractivity (Wildman–Crippen MR) is 61.6 cm³/mol. The van der Waals surface area contributed by atoms with Crippen LogP contribution in [0.2, 0.25) is 5.02 Å². The number of halogens is 1. The van der Waals surface area contributed by atoms with Crippen molar-refractivity contribution in [3.8, 4) is 0 Å². The van der Waals surface area contributed by atoms with E-state index in [9.17, 15) is 9.59 Å². The largest absolute Gasteiger partial charge is 0.481 e. The Morgan fingerprint density at radius 3 is 2.56 bits per heavy atom. The zero-order valence-electron chi connectivity index (χ0n) is 8.95. The molecule has 2 N–H and O–H groups in total. The molecule has 1 rings (SSSR count). The molecular formula is C11H12ClNO3. The molecule has 4 nitrogen and oxygen atoms in total. The summed E-state index contributed by atoms with van der Waals surface area (Å²) in [6.45, 7) is 3.12. The summed E-state index contributed by atoms with van der Waals surface area (Å²) in [5, 5.41) is 11.8. The SMILES string of the molecule is Cc1cc(Cl)ccc1NC(=O)C(C)C(=O)O. The van der Waals surface area contributed by atoms with E-state index in [2.05, 4.69) is 5.32 Å². The van der Waals surface area contributed by atoms with Crippen LogP contribution in [0, 0.1) is 12.8 Å². The third kappa shape index (κ3) is 2.97. The van der Waals surface area contributed by atoms with Gasteiger partial charge in [-0.1, -0.05) is 11.6 Å². The Morgan fingerprint density at radius 2 is 2.06 bits per heavy atom. The summed E-state index contributed by atoms with van der Waals surface area (Å²) in [5.74, 6) is -2.77. The van der Waals surface area contributed by atoms with Gasteiger partial charge in [0.1, 0.15) is 5.92 Å². The van der Waals surface area contributed by atoms with Crippen molar-refractivity contribution in [1.82, 2.24) is 0 Å². The monoisotopic (exact) mass is 241 g/mol. The molecule has 1 amide bonds. The van der Waals surface area contributed by atoms with Crippen molar-refractivity contribution in [1.29, 1.82) is 0 Å². The Balaban J connectivity index is 2.81. The molecule has 1 aromatic carbocycles. The molecule has 0 saturated carbocycles. The van der Waals surface area contributed by atoms with Crippen LogP contribution in [0.3, 0.4) is 0 Å². The van der Waals surface area contributed by atoms with Gasteiger partial charge in [0, 0.05) is 10.7 Å². The fraction of sp³-hybridized carbons (Fsp3) is 0.273. The van der Waals surface area contributed by atoms with Crippen LogP contribution in [-0.2, 0) is 9.59 Å². The second kappa shape index (κ2) is 4.99. The van der Waals surface area contributed by atoms with Gasteiger partial charge in [0.15, 0.2) is 0 Å². The van der Waals surface area contributed by atoms with Gasteiger partial charge >= 0.3 is 5.97 Å². The highest BCUT2D eigenvalue weighted by Crippen LogP contribution is 2.20. The van der Waals surface area contributed by atoms with Crippen LogP contribution in [0.25, 0.3) is 0 Å². The highest BCUT2D eigenvalue weighted by atomic mass is 35.5. The van der Waals surface area contributed by atoms with E-state index in [1.165, 1.54) is 6.92 Å². The summed E-state index contributed by atoms with van der Waals surface area (Å²) < 4.78 is 0. The van der Waals surface area contributed by atoms with Crippen LogP contribution < -0.4 is 5.32 Å². The number of amides is 1. The number of rotatable bonds is 3. The number of hydrogen-bond acceptors (Lipinski definition) is 2. The normalized spacial score (nSPS) is 11.9. The molecule has 0 aliphatic carbocycles. The van der Waals surface area contributed by atoms with Gasteiger partial charge < -0.3 is 10.4 Å². The minimum absolute atomic E-state index is 0.544. The number of carbonyl (C=O) groups excluding carboxylic acids is 1. The first-order valence-corrected chi connectivity index (χ1v) is 5.09. The van der Waals surface area contributed by atoms with Crippen LogP contribution in [0.5, 0.6) is 0 Å². The predicted octanol–water partition coefficient (Wildman–Crippen LogP) is 2.31. The fourth-order valence-corrected chi connectivity index (χ4v) is 1.35. The Morgan fingerprint density at radius 1 is 1.44 bits per heavy atom.